The maximum atomic E-state index is 12.4. The average Bonchev–Trinajstić information content (AvgIpc) is 2.75. The summed E-state index contributed by atoms with van der Waals surface area (Å²) in [6.07, 6.45) is 4.80. The van der Waals surface area contributed by atoms with Crippen LogP contribution in [0.1, 0.15) is 31.2 Å². The van der Waals surface area contributed by atoms with E-state index >= 15 is 0 Å². The Bertz CT molecular complexity index is 871. The third kappa shape index (κ3) is 5.29. The van der Waals surface area contributed by atoms with E-state index in [1.54, 1.807) is 37.4 Å². The number of rotatable bonds is 6. The standard InChI is InChI=1S/C21H24N4O4/c1-27-18-5-3-4-17(20(18)28-2)25-21(26)24-15-7-9-16(10-8-15)29-19-11-6-14(12-22)13-23-19/h3-6,11,13,15-16H,7-10H2,1-2H3,(H2,24,25,26). The monoisotopic (exact) mass is 396 g/mol. The van der Waals surface area contributed by atoms with Crippen LogP contribution in [0.3, 0.4) is 0 Å². The average molecular weight is 396 g/mol. The molecule has 29 heavy (non-hydrogen) atoms. The van der Waals surface area contributed by atoms with Crippen molar-refractivity contribution in [1.29, 1.82) is 5.26 Å². The van der Waals surface area contributed by atoms with Crippen molar-refractivity contribution in [2.75, 3.05) is 19.5 Å². The smallest absolute Gasteiger partial charge is 0.319 e. The summed E-state index contributed by atoms with van der Waals surface area (Å²) in [7, 11) is 3.08. The SMILES string of the molecule is COc1cccc(NC(=O)NC2CCC(Oc3ccc(C#N)cn3)CC2)c1OC. The molecule has 0 atom stereocenters. The van der Waals surface area contributed by atoms with Crippen molar-refractivity contribution in [1.82, 2.24) is 10.3 Å². The third-order valence-corrected chi connectivity index (χ3v) is 4.81. The molecule has 1 heterocycles. The van der Waals surface area contributed by atoms with Crippen molar-refractivity contribution < 1.29 is 19.0 Å². The van der Waals surface area contributed by atoms with E-state index in [1.165, 1.54) is 13.3 Å². The largest absolute Gasteiger partial charge is 0.493 e. The van der Waals surface area contributed by atoms with Crippen LogP contribution < -0.4 is 24.8 Å². The molecule has 2 amide bonds. The minimum absolute atomic E-state index is 0.0509. The molecule has 1 saturated carbocycles. The van der Waals surface area contributed by atoms with Gasteiger partial charge in [-0.05, 0) is 43.9 Å². The molecule has 1 aliphatic rings. The normalized spacial score (nSPS) is 18.2. The summed E-state index contributed by atoms with van der Waals surface area (Å²) in [6, 6.07) is 10.5. The first-order chi connectivity index (χ1) is 14.1. The van der Waals surface area contributed by atoms with Gasteiger partial charge in [0.2, 0.25) is 5.88 Å². The zero-order chi connectivity index (χ0) is 20.6. The van der Waals surface area contributed by atoms with Crippen LogP contribution in [0, 0.1) is 11.3 Å². The molecule has 1 fully saturated rings. The highest BCUT2D eigenvalue weighted by atomic mass is 16.5. The van der Waals surface area contributed by atoms with E-state index in [2.05, 4.69) is 15.6 Å². The summed E-state index contributed by atoms with van der Waals surface area (Å²) in [5.41, 5.74) is 1.05. The number of hydrogen-bond donors (Lipinski definition) is 2. The molecule has 3 rings (SSSR count). The van der Waals surface area contributed by atoms with Crippen LogP contribution in [0.25, 0.3) is 0 Å². The lowest BCUT2D eigenvalue weighted by Gasteiger charge is -2.29. The number of para-hydroxylation sites is 1. The van der Waals surface area contributed by atoms with Gasteiger partial charge in [-0.3, -0.25) is 0 Å². The Morgan fingerprint density at radius 2 is 1.93 bits per heavy atom. The van der Waals surface area contributed by atoms with Gasteiger partial charge in [0.25, 0.3) is 0 Å². The summed E-state index contributed by atoms with van der Waals surface area (Å²) in [4.78, 5) is 16.5. The number of anilines is 1. The Morgan fingerprint density at radius 3 is 2.55 bits per heavy atom. The van der Waals surface area contributed by atoms with Gasteiger partial charge in [-0.25, -0.2) is 9.78 Å². The van der Waals surface area contributed by atoms with Crippen molar-refractivity contribution >= 4 is 11.7 Å². The molecule has 0 bridgehead atoms. The van der Waals surface area contributed by atoms with Crippen LogP contribution in [0.5, 0.6) is 17.4 Å². The number of hydrogen-bond acceptors (Lipinski definition) is 6. The molecule has 8 heteroatoms. The predicted molar refractivity (Wildman–Crippen MR) is 107 cm³/mol. The van der Waals surface area contributed by atoms with Gasteiger partial charge in [0.1, 0.15) is 12.2 Å². The van der Waals surface area contributed by atoms with Crippen LogP contribution in [0.4, 0.5) is 10.5 Å². The minimum atomic E-state index is -0.283. The fourth-order valence-corrected chi connectivity index (χ4v) is 3.34. The molecule has 0 spiro atoms. The zero-order valence-electron chi connectivity index (χ0n) is 16.5. The summed E-state index contributed by atoms with van der Waals surface area (Å²) in [5, 5.41) is 14.6. The minimum Gasteiger partial charge on any atom is -0.493 e. The van der Waals surface area contributed by atoms with E-state index in [9.17, 15) is 4.79 Å². The number of nitriles is 1. The maximum absolute atomic E-state index is 12.4. The van der Waals surface area contributed by atoms with Gasteiger partial charge in [0.15, 0.2) is 11.5 Å². The first-order valence-corrected chi connectivity index (χ1v) is 9.44. The lowest BCUT2D eigenvalue weighted by Crippen LogP contribution is -2.41. The molecule has 1 aromatic carbocycles. The molecule has 152 valence electrons. The number of benzene rings is 1. The molecule has 0 saturated heterocycles. The van der Waals surface area contributed by atoms with Crippen molar-refractivity contribution in [2.45, 2.75) is 37.8 Å². The number of ether oxygens (including phenoxy) is 3. The summed E-state index contributed by atoms with van der Waals surface area (Å²) in [6.45, 7) is 0. The highest BCUT2D eigenvalue weighted by Crippen LogP contribution is 2.34. The summed E-state index contributed by atoms with van der Waals surface area (Å²) >= 11 is 0. The van der Waals surface area contributed by atoms with E-state index in [0.29, 0.717) is 28.6 Å². The van der Waals surface area contributed by atoms with Crippen LogP contribution in [0.15, 0.2) is 36.5 Å². The fraction of sp³-hybridized carbons (Fsp3) is 0.381. The van der Waals surface area contributed by atoms with Crippen LogP contribution in [-0.2, 0) is 0 Å². The molecule has 0 radical (unpaired) electrons. The number of pyridine rings is 1. The number of aromatic nitrogens is 1. The van der Waals surface area contributed by atoms with Gasteiger partial charge < -0.3 is 24.8 Å². The molecule has 2 aromatic rings. The topological polar surface area (TPSA) is 106 Å². The molecule has 0 unspecified atom stereocenters. The highest BCUT2D eigenvalue weighted by molar-refractivity contribution is 5.91. The number of methoxy groups -OCH3 is 2. The van der Waals surface area contributed by atoms with Crippen molar-refractivity contribution in [3.05, 3.63) is 42.1 Å². The molecule has 2 N–H and O–H groups in total. The Morgan fingerprint density at radius 1 is 1.14 bits per heavy atom. The zero-order valence-corrected chi connectivity index (χ0v) is 16.5. The Balaban J connectivity index is 1.48. The van der Waals surface area contributed by atoms with Gasteiger partial charge in [-0.15, -0.1) is 0 Å². The number of urea groups is 1. The quantitative estimate of drug-likeness (QED) is 0.774. The van der Waals surface area contributed by atoms with Crippen LogP contribution in [-0.4, -0.2) is 37.4 Å². The van der Waals surface area contributed by atoms with E-state index in [4.69, 9.17) is 19.5 Å². The molecular weight excluding hydrogens is 372 g/mol. The number of carbonyl (C=O) groups excluding carboxylic acids is 1. The van der Waals surface area contributed by atoms with E-state index in [-0.39, 0.29) is 18.2 Å². The van der Waals surface area contributed by atoms with Gasteiger partial charge >= 0.3 is 6.03 Å². The molecule has 8 nitrogen and oxygen atoms in total. The van der Waals surface area contributed by atoms with Crippen molar-refractivity contribution in [3.8, 4) is 23.4 Å². The van der Waals surface area contributed by atoms with Crippen LogP contribution in [0.2, 0.25) is 0 Å². The van der Waals surface area contributed by atoms with Gasteiger partial charge in [-0.1, -0.05) is 6.07 Å². The third-order valence-electron chi connectivity index (χ3n) is 4.81. The van der Waals surface area contributed by atoms with Gasteiger partial charge in [0, 0.05) is 18.3 Å². The predicted octanol–water partition coefficient (Wildman–Crippen LogP) is 3.48. The second kappa shape index (κ2) is 9.64. The number of nitrogens with one attached hydrogen (secondary N) is 2. The Hall–Kier alpha value is -3.47. The Kier molecular flexibility index (Phi) is 6.74. The van der Waals surface area contributed by atoms with Crippen LogP contribution >= 0.6 is 0 Å². The molecule has 0 aliphatic heterocycles. The van der Waals surface area contributed by atoms with Gasteiger partial charge in [-0.2, -0.15) is 5.26 Å². The molecular formula is C21H24N4O4. The summed E-state index contributed by atoms with van der Waals surface area (Å²) < 4.78 is 16.5. The maximum Gasteiger partial charge on any atom is 0.319 e. The first-order valence-electron chi connectivity index (χ1n) is 9.44. The van der Waals surface area contributed by atoms with E-state index in [0.717, 1.165) is 25.7 Å². The number of nitrogens with zero attached hydrogens (tertiary/aromatic N) is 2. The second-order valence-electron chi connectivity index (χ2n) is 6.73. The number of amides is 2. The van der Waals surface area contributed by atoms with E-state index < -0.39 is 0 Å². The van der Waals surface area contributed by atoms with Crippen molar-refractivity contribution in [2.24, 2.45) is 0 Å². The summed E-state index contributed by atoms with van der Waals surface area (Å²) in [5.74, 6) is 1.56. The van der Waals surface area contributed by atoms with Crippen molar-refractivity contribution in [3.63, 3.8) is 0 Å². The lowest BCUT2D eigenvalue weighted by molar-refractivity contribution is 0.135. The molecule has 1 aromatic heterocycles. The number of carbonyl (C=O) groups is 1. The molecule has 1 aliphatic carbocycles. The Labute approximate surface area is 169 Å². The second-order valence-corrected chi connectivity index (χ2v) is 6.73. The van der Waals surface area contributed by atoms with E-state index in [1.807, 2.05) is 6.07 Å². The lowest BCUT2D eigenvalue weighted by atomic mass is 9.93. The fourth-order valence-electron chi connectivity index (χ4n) is 3.34. The highest BCUT2D eigenvalue weighted by Gasteiger charge is 2.24. The first kappa shape index (κ1) is 20.3. The van der Waals surface area contributed by atoms with Gasteiger partial charge in [0.05, 0.1) is 25.5 Å².